The highest BCUT2D eigenvalue weighted by molar-refractivity contribution is 4.89. The Morgan fingerprint density at radius 1 is 0.792 bits per heavy atom. The summed E-state index contributed by atoms with van der Waals surface area (Å²) >= 11 is 0. The van der Waals surface area contributed by atoms with E-state index in [1.54, 1.807) is 0 Å². The molecule has 24 heavy (non-hydrogen) atoms. The molecule has 1 rings (SSSR count). The van der Waals surface area contributed by atoms with Gasteiger partial charge in [0, 0.05) is 0 Å². The summed E-state index contributed by atoms with van der Waals surface area (Å²) in [5.41, 5.74) is 0. The van der Waals surface area contributed by atoms with Crippen LogP contribution in [0.2, 0.25) is 0 Å². The van der Waals surface area contributed by atoms with Crippen LogP contribution < -0.4 is 4.57 Å². The molecule has 1 aromatic rings. The van der Waals surface area contributed by atoms with Crippen LogP contribution in [0.25, 0.3) is 0 Å². The first-order valence-electron chi connectivity index (χ1n) is 10.8. The molecule has 0 spiro atoms. The molecule has 0 aliphatic heterocycles. The maximum Gasteiger partial charge on any atom is 0.258 e. The molecule has 0 bridgehead atoms. The summed E-state index contributed by atoms with van der Waals surface area (Å²) in [5, 5.41) is 0. The van der Waals surface area contributed by atoms with E-state index in [9.17, 15) is 0 Å². The Balaban J connectivity index is 2.02. The number of rotatable bonds is 15. The monoisotopic (exact) mass is 335 g/mol. The van der Waals surface area contributed by atoms with Gasteiger partial charge in [-0.05, 0) is 19.8 Å². The van der Waals surface area contributed by atoms with Crippen molar-refractivity contribution in [3.8, 4) is 0 Å². The van der Waals surface area contributed by atoms with Crippen LogP contribution in [0.5, 0.6) is 0 Å². The van der Waals surface area contributed by atoms with Crippen LogP contribution in [0, 0.1) is 0 Å². The van der Waals surface area contributed by atoms with E-state index in [2.05, 4.69) is 49.2 Å². The van der Waals surface area contributed by atoms with Crippen molar-refractivity contribution in [1.82, 2.24) is 4.57 Å². The SMILES string of the molecule is CCCCCCCCCCCCCCn1cc[n+](CC)c1C(C)C. The van der Waals surface area contributed by atoms with Gasteiger partial charge >= 0.3 is 0 Å². The van der Waals surface area contributed by atoms with Gasteiger partial charge in [0.25, 0.3) is 5.82 Å². The third-order valence-corrected chi connectivity index (χ3v) is 5.12. The average Bonchev–Trinajstić information content (AvgIpc) is 2.99. The summed E-state index contributed by atoms with van der Waals surface area (Å²) in [7, 11) is 0. The highest BCUT2D eigenvalue weighted by atomic mass is 15.1. The third-order valence-electron chi connectivity index (χ3n) is 5.12. The van der Waals surface area contributed by atoms with Crippen LogP contribution in [-0.2, 0) is 13.1 Å². The second-order valence-corrected chi connectivity index (χ2v) is 7.68. The number of aromatic nitrogens is 2. The Hall–Kier alpha value is -0.790. The van der Waals surface area contributed by atoms with Gasteiger partial charge in [0.05, 0.1) is 19.0 Å². The van der Waals surface area contributed by atoms with Crippen LogP contribution >= 0.6 is 0 Å². The Labute approximate surface area is 151 Å². The Bertz CT molecular complexity index is 406. The lowest BCUT2D eigenvalue weighted by Gasteiger charge is -2.07. The Kier molecular flexibility index (Phi) is 12.0. The molecule has 140 valence electrons. The summed E-state index contributed by atoms with van der Waals surface area (Å²) in [6.07, 6.45) is 21.6. The zero-order chi connectivity index (χ0) is 17.6. The first-order chi connectivity index (χ1) is 11.7. The average molecular weight is 336 g/mol. The van der Waals surface area contributed by atoms with Crippen LogP contribution in [0.1, 0.15) is 116 Å². The van der Waals surface area contributed by atoms with E-state index in [1.165, 1.54) is 89.4 Å². The van der Waals surface area contributed by atoms with Gasteiger partial charge in [-0.25, -0.2) is 9.13 Å². The minimum Gasteiger partial charge on any atom is -0.234 e. The normalized spacial score (nSPS) is 11.5. The summed E-state index contributed by atoms with van der Waals surface area (Å²) < 4.78 is 4.87. The summed E-state index contributed by atoms with van der Waals surface area (Å²) in [4.78, 5) is 0. The topological polar surface area (TPSA) is 8.81 Å². The first kappa shape index (κ1) is 21.3. The van der Waals surface area contributed by atoms with Crippen molar-refractivity contribution in [2.45, 2.75) is 124 Å². The highest BCUT2D eigenvalue weighted by Crippen LogP contribution is 2.14. The van der Waals surface area contributed by atoms with E-state index in [1.807, 2.05) is 0 Å². The fraction of sp³-hybridized carbons (Fsp3) is 0.864. The molecule has 0 unspecified atom stereocenters. The third kappa shape index (κ3) is 8.35. The second kappa shape index (κ2) is 13.5. The Morgan fingerprint density at radius 3 is 1.75 bits per heavy atom. The number of unbranched alkanes of at least 4 members (excludes halogenated alkanes) is 11. The molecule has 0 aromatic carbocycles. The smallest absolute Gasteiger partial charge is 0.234 e. The lowest BCUT2D eigenvalue weighted by molar-refractivity contribution is -0.701. The van der Waals surface area contributed by atoms with Gasteiger partial charge in [-0.2, -0.15) is 0 Å². The fourth-order valence-electron chi connectivity index (χ4n) is 3.72. The van der Waals surface area contributed by atoms with Crippen molar-refractivity contribution in [2.24, 2.45) is 0 Å². The van der Waals surface area contributed by atoms with Crippen molar-refractivity contribution in [1.29, 1.82) is 0 Å². The minimum absolute atomic E-state index is 0.609. The van der Waals surface area contributed by atoms with E-state index in [0.717, 1.165) is 6.54 Å². The molecular weight excluding hydrogens is 292 g/mol. The molecule has 0 saturated carbocycles. The van der Waals surface area contributed by atoms with Gasteiger partial charge in [-0.15, -0.1) is 0 Å². The Morgan fingerprint density at radius 2 is 1.29 bits per heavy atom. The maximum absolute atomic E-state index is 2.48. The predicted molar refractivity (Wildman–Crippen MR) is 105 cm³/mol. The van der Waals surface area contributed by atoms with Gasteiger partial charge in [-0.1, -0.05) is 85.0 Å². The second-order valence-electron chi connectivity index (χ2n) is 7.68. The molecule has 1 aromatic heterocycles. The molecule has 0 amide bonds. The van der Waals surface area contributed by atoms with Crippen LogP contribution in [0.3, 0.4) is 0 Å². The fourth-order valence-corrected chi connectivity index (χ4v) is 3.72. The van der Waals surface area contributed by atoms with Crippen LogP contribution in [0.4, 0.5) is 0 Å². The summed E-state index contributed by atoms with van der Waals surface area (Å²) in [6, 6.07) is 0. The number of hydrogen-bond acceptors (Lipinski definition) is 0. The maximum atomic E-state index is 2.48. The van der Waals surface area contributed by atoms with Gasteiger partial charge in [0.1, 0.15) is 12.4 Å². The van der Waals surface area contributed by atoms with E-state index >= 15 is 0 Å². The van der Waals surface area contributed by atoms with Crippen molar-refractivity contribution in [2.75, 3.05) is 0 Å². The van der Waals surface area contributed by atoms with E-state index in [0.29, 0.717) is 5.92 Å². The minimum atomic E-state index is 0.609. The zero-order valence-corrected chi connectivity index (χ0v) is 17.0. The number of nitrogens with zero attached hydrogens (tertiary/aromatic N) is 2. The molecule has 0 saturated heterocycles. The van der Waals surface area contributed by atoms with Crippen molar-refractivity contribution in [3.63, 3.8) is 0 Å². The molecule has 2 nitrogen and oxygen atoms in total. The highest BCUT2D eigenvalue weighted by Gasteiger charge is 2.18. The molecule has 0 N–H and O–H groups in total. The van der Waals surface area contributed by atoms with Gasteiger partial charge in [0.2, 0.25) is 0 Å². The molecule has 1 heterocycles. The molecule has 0 radical (unpaired) electrons. The predicted octanol–water partition coefficient (Wildman–Crippen LogP) is 6.62. The molecular formula is C22H43N2+. The molecule has 0 atom stereocenters. The zero-order valence-electron chi connectivity index (χ0n) is 17.0. The van der Waals surface area contributed by atoms with Crippen LogP contribution in [-0.4, -0.2) is 4.57 Å². The summed E-state index contributed by atoms with van der Waals surface area (Å²) in [6.45, 7) is 11.4. The number of hydrogen-bond donors (Lipinski definition) is 0. The molecule has 0 aliphatic rings. The van der Waals surface area contributed by atoms with Crippen molar-refractivity contribution < 1.29 is 4.57 Å². The van der Waals surface area contributed by atoms with E-state index in [-0.39, 0.29) is 0 Å². The van der Waals surface area contributed by atoms with E-state index in [4.69, 9.17) is 0 Å². The lowest BCUT2D eigenvalue weighted by Crippen LogP contribution is -2.36. The molecule has 0 fully saturated rings. The first-order valence-corrected chi connectivity index (χ1v) is 10.8. The van der Waals surface area contributed by atoms with Crippen molar-refractivity contribution >= 4 is 0 Å². The molecule has 2 heteroatoms. The lowest BCUT2D eigenvalue weighted by atomic mass is 10.1. The quantitative estimate of drug-likeness (QED) is 0.251. The van der Waals surface area contributed by atoms with Crippen molar-refractivity contribution in [3.05, 3.63) is 18.2 Å². The molecule has 0 aliphatic carbocycles. The standard InChI is InChI=1S/C22H43N2/c1-5-7-8-9-10-11-12-13-14-15-16-17-18-24-20-19-23(6-2)22(24)21(3)4/h19-21H,5-18H2,1-4H3/q+1. The van der Waals surface area contributed by atoms with Gasteiger partial charge in [-0.3, -0.25) is 0 Å². The number of aryl methyl sites for hydroxylation is 2. The van der Waals surface area contributed by atoms with Crippen LogP contribution in [0.15, 0.2) is 12.4 Å². The van der Waals surface area contributed by atoms with Gasteiger partial charge in [0.15, 0.2) is 0 Å². The summed E-state index contributed by atoms with van der Waals surface area (Å²) in [5.74, 6) is 2.10. The number of imidazole rings is 1. The van der Waals surface area contributed by atoms with Gasteiger partial charge < -0.3 is 0 Å². The largest absolute Gasteiger partial charge is 0.258 e. The van der Waals surface area contributed by atoms with E-state index < -0.39 is 0 Å².